The molecule has 0 fully saturated rings. The summed E-state index contributed by atoms with van der Waals surface area (Å²) >= 11 is 1.62. The van der Waals surface area contributed by atoms with E-state index in [1.807, 2.05) is 14.0 Å². The van der Waals surface area contributed by atoms with Crippen molar-refractivity contribution < 1.29 is 14.3 Å². The largest absolute Gasteiger partial charge is 0.481 e. The first kappa shape index (κ1) is 19.9. The molecule has 1 N–H and O–H groups in total. The van der Waals surface area contributed by atoms with E-state index in [0.29, 0.717) is 17.1 Å². The number of aryl methyl sites for hydroxylation is 2. The van der Waals surface area contributed by atoms with Crippen molar-refractivity contribution in [1.29, 1.82) is 0 Å². The molecule has 0 saturated carbocycles. The average Bonchev–Trinajstić information content (AvgIpc) is 2.96. The molecule has 3 rings (SSSR count). The summed E-state index contributed by atoms with van der Waals surface area (Å²) in [4.78, 5) is 22.6. The summed E-state index contributed by atoms with van der Waals surface area (Å²) in [6, 6.07) is 3.35. The van der Waals surface area contributed by atoms with Gasteiger partial charge in [0.25, 0.3) is 5.91 Å². The van der Waals surface area contributed by atoms with Crippen molar-refractivity contribution >= 4 is 34.4 Å². The number of methoxy groups -OCH3 is 2. The van der Waals surface area contributed by atoms with Crippen LogP contribution >= 0.6 is 11.8 Å². The Morgan fingerprint density at radius 2 is 2.00 bits per heavy atom. The normalized spacial score (nSPS) is 11.1. The molecule has 0 aliphatic carbocycles. The Labute approximate surface area is 167 Å². The molecule has 0 radical (unpaired) electrons. The number of carbonyl (C=O) groups excluding carboxylic acids is 1. The lowest BCUT2D eigenvalue weighted by Crippen LogP contribution is -2.15. The van der Waals surface area contributed by atoms with Gasteiger partial charge in [-0.2, -0.15) is 10.1 Å². The molecule has 28 heavy (non-hydrogen) atoms. The summed E-state index contributed by atoms with van der Waals surface area (Å²) in [6.45, 7) is 6.09. The van der Waals surface area contributed by atoms with Gasteiger partial charge in [0.2, 0.25) is 11.8 Å². The third kappa shape index (κ3) is 3.75. The number of thioether (sulfide) groups is 1. The van der Waals surface area contributed by atoms with Gasteiger partial charge in [-0.25, -0.2) is 4.98 Å². The predicted molar refractivity (Wildman–Crippen MR) is 110 cm³/mol. The number of aromatic nitrogens is 4. The van der Waals surface area contributed by atoms with E-state index in [-0.39, 0.29) is 17.0 Å². The van der Waals surface area contributed by atoms with Crippen molar-refractivity contribution in [2.45, 2.75) is 30.9 Å². The van der Waals surface area contributed by atoms with Crippen LogP contribution in [-0.2, 0) is 7.05 Å². The lowest BCUT2D eigenvalue weighted by atomic mass is 10.2. The van der Waals surface area contributed by atoms with Crippen molar-refractivity contribution in [2.75, 3.05) is 19.5 Å². The molecule has 0 atom stereocenters. The molecule has 1 amide bonds. The summed E-state index contributed by atoms with van der Waals surface area (Å²) in [7, 11) is 4.86. The second-order valence-corrected chi connectivity index (χ2v) is 8.03. The Balaban J connectivity index is 2.05. The molecule has 0 bridgehead atoms. The fourth-order valence-corrected chi connectivity index (χ4v) is 3.98. The van der Waals surface area contributed by atoms with Crippen molar-refractivity contribution in [2.24, 2.45) is 7.05 Å². The molecule has 0 aliphatic rings. The topological polar surface area (TPSA) is 91.2 Å². The Bertz CT molecular complexity index is 1030. The van der Waals surface area contributed by atoms with E-state index in [1.54, 1.807) is 34.8 Å². The predicted octanol–water partition coefficient (Wildman–Crippen LogP) is 3.44. The van der Waals surface area contributed by atoms with Gasteiger partial charge >= 0.3 is 0 Å². The Hall–Kier alpha value is -2.81. The Morgan fingerprint density at radius 1 is 1.25 bits per heavy atom. The van der Waals surface area contributed by atoms with E-state index < -0.39 is 0 Å². The van der Waals surface area contributed by atoms with E-state index in [4.69, 9.17) is 9.47 Å². The van der Waals surface area contributed by atoms with E-state index in [1.165, 1.54) is 14.2 Å². The first-order valence-electron chi connectivity index (χ1n) is 8.75. The van der Waals surface area contributed by atoms with Gasteiger partial charge < -0.3 is 14.8 Å². The smallest absolute Gasteiger partial charge is 0.258 e. The van der Waals surface area contributed by atoms with E-state index in [2.05, 4.69) is 34.2 Å². The number of fused-ring (bicyclic) bond motifs is 1. The highest BCUT2D eigenvalue weighted by Crippen LogP contribution is 2.35. The zero-order chi connectivity index (χ0) is 20.4. The first-order valence-corrected chi connectivity index (χ1v) is 9.63. The molecule has 148 valence electrons. The number of carbonyl (C=O) groups is 1. The molecule has 3 aromatic heterocycles. The van der Waals surface area contributed by atoms with Crippen LogP contribution in [0.4, 0.5) is 5.69 Å². The van der Waals surface area contributed by atoms with Gasteiger partial charge in [-0.3, -0.25) is 9.48 Å². The SMILES string of the molecule is COc1ccc(NC(=O)c2cnc3c(c(C)nn3C)c2SC(C)C)c(OC)n1. The van der Waals surface area contributed by atoms with Crippen LogP contribution in [-0.4, -0.2) is 45.1 Å². The van der Waals surface area contributed by atoms with Crippen LogP contribution in [0.5, 0.6) is 11.8 Å². The number of nitrogens with zero attached hydrogens (tertiary/aromatic N) is 4. The van der Waals surface area contributed by atoms with Gasteiger partial charge in [0.1, 0.15) is 5.69 Å². The minimum atomic E-state index is -0.286. The molecule has 9 heteroatoms. The van der Waals surface area contributed by atoms with Crippen molar-refractivity contribution in [3.63, 3.8) is 0 Å². The lowest BCUT2D eigenvalue weighted by Gasteiger charge is -2.14. The second-order valence-electron chi connectivity index (χ2n) is 6.44. The number of ether oxygens (including phenoxy) is 2. The van der Waals surface area contributed by atoms with E-state index in [0.717, 1.165) is 21.6 Å². The Kier molecular flexibility index (Phi) is 5.73. The van der Waals surface area contributed by atoms with Gasteiger partial charge in [-0.1, -0.05) is 13.8 Å². The van der Waals surface area contributed by atoms with Gasteiger partial charge in [-0.15, -0.1) is 11.8 Å². The summed E-state index contributed by atoms with van der Waals surface area (Å²) in [5.41, 5.74) is 2.53. The quantitative estimate of drug-likeness (QED) is 0.633. The lowest BCUT2D eigenvalue weighted by molar-refractivity contribution is 0.102. The minimum Gasteiger partial charge on any atom is -0.481 e. The maximum absolute atomic E-state index is 13.1. The Morgan fingerprint density at radius 3 is 2.64 bits per heavy atom. The summed E-state index contributed by atoms with van der Waals surface area (Å²) < 4.78 is 12.1. The minimum absolute atomic E-state index is 0.275. The average molecular weight is 401 g/mol. The summed E-state index contributed by atoms with van der Waals surface area (Å²) in [6.07, 6.45) is 1.59. The third-order valence-electron chi connectivity index (χ3n) is 4.06. The molecule has 3 aromatic rings. The summed E-state index contributed by atoms with van der Waals surface area (Å²) in [5.74, 6) is 0.392. The van der Waals surface area contributed by atoms with Crippen molar-refractivity contribution in [1.82, 2.24) is 19.7 Å². The second kappa shape index (κ2) is 8.05. The fourth-order valence-electron chi connectivity index (χ4n) is 2.88. The van der Waals surface area contributed by atoms with Crippen LogP contribution in [0, 0.1) is 6.92 Å². The van der Waals surface area contributed by atoms with Crippen LogP contribution < -0.4 is 14.8 Å². The zero-order valence-corrected chi connectivity index (χ0v) is 17.5. The molecule has 0 spiro atoms. The highest BCUT2D eigenvalue weighted by molar-refractivity contribution is 8.00. The molecular weight excluding hydrogens is 378 g/mol. The molecule has 0 unspecified atom stereocenters. The molecular formula is C19H23N5O3S. The highest BCUT2D eigenvalue weighted by atomic mass is 32.2. The monoisotopic (exact) mass is 401 g/mol. The standard InChI is InChI=1S/C19H23N5O3S/c1-10(2)28-16-12(9-20-17-15(16)11(3)23-24(17)4)18(25)21-13-7-8-14(26-5)22-19(13)27-6/h7-10H,1-6H3,(H,21,25). The van der Waals surface area contributed by atoms with Gasteiger partial charge in [0.05, 0.1) is 30.9 Å². The van der Waals surface area contributed by atoms with E-state index >= 15 is 0 Å². The van der Waals surface area contributed by atoms with Gasteiger partial charge in [-0.05, 0) is 13.0 Å². The first-order chi connectivity index (χ1) is 13.3. The third-order valence-corrected chi connectivity index (χ3v) is 5.19. The number of hydrogen-bond acceptors (Lipinski definition) is 7. The highest BCUT2D eigenvalue weighted by Gasteiger charge is 2.22. The van der Waals surface area contributed by atoms with Crippen LogP contribution in [0.1, 0.15) is 29.9 Å². The van der Waals surface area contributed by atoms with Gasteiger partial charge in [0, 0.05) is 29.5 Å². The number of nitrogens with one attached hydrogen (secondary N) is 1. The fraction of sp³-hybridized carbons (Fsp3) is 0.368. The molecule has 0 aliphatic heterocycles. The maximum atomic E-state index is 13.1. The zero-order valence-electron chi connectivity index (χ0n) is 16.7. The van der Waals surface area contributed by atoms with Crippen LogP contribution in [0.15, 0.2) is 23.2 Å². The number of rotatable bonds is 6. The number of pyridine rings is 2. The summed E-state index contributed by atoms with van der Waals surface area (Å²) in [5, 5.41) is 8.51. The number of amides is 1. The molecule has 0 aromatic carbocycles. The number of hydrogen-bond donors (Lipinski definition) is 1. The number of anilines is 1. The molecule has 0 saturated heterocycles. The van der Waals surface area contributed by atoms with Crippen molar-refractivity contribution in [3.8, 4) is 11.8 Å². The van der Waals surface area contributed by atoms with Crippen LogP contribution in [0.2, 0.25) is 0 Å². The van der Waals surface area contributed by atoms with Crippen LogP contribution in [0.25, 0.3) is 11.0 Å². The van der Waals surface area contributed by atoms with Crippen molar-refractivity contribution in [3.05, 3.63) is 29.6 Å². The van der Waals surface area contributed by atoms with E-state index in [9.17, 15) is 4.79 Å². The maximum Gasteiger partial charge on any atom is 0.258 e. The van der Waals surface area contributed by atoms with Crippen LogP contribution in [0.3, 0.4) is 0 Å². The van der Waals surface area contributed by atoms with Gasteiger partial charge in [0.15, 0.2) is 5.65 Å². The molecule has 3 heterocycles. The molecule has 8 nitrogen and oxygen atoms in total.